The van der Waals surface area contributed by atoms with Crippen molar-refractivity contribution in [1.29, 1.82) is 0 Å². The van der Waals surface area contributed by atoms with Gasteiger partial charge in [0.05, 0.1) is 5.69 Å². The average Bonchev–Trinajstić information content (AvgIpc) is 3.26. The van der Waals surface area contributed by atoms with Crippen molar-refractivity contribution in [2.24, 2.45) is 5.92 Å². The number of aromatic nitrogens is 6. The number of aryl methyl sites for hydroxylation is 1. The van der Waals surface area contributed by atoms with Crippen LogP contribution in [-0.2, 0) is 6.42 Å². The summed E-state index contributed by atoms with van der Waals surface area (Å²) in [5.74, 6) is 1.27. The Labute approximate surface area is 201 Å². The van der Waals surface area contributed by atoms with Gasteiger partial charge in [-0.05, 0) is 61.4 Å². The molecule has 0 amide bonds. The number of hydrogen-bond donors (Lipinski definition) is 0. The zero-order chi connectivity index (χ0) is 22.8. The molecule has 0 N–H and O–H groups in total. The summed E-state index contributed by atoms with van der Waals surface area (Å²) in [4.78, 5) is 29.5. The molecule has 1 atom stereocenters. The van der Waals surface area contributed by atoms with E-state index in [1.165, 1.54) is 11.3 Å². The fourth-order valence-electron chi connectivity index (χ4n) is 3.97. The van der Waals surface area contributed by atoms with Crippen LogP contribution >= 0.6 is 22.9 Å². The molecular weight excluding hydrogens is 458 g/mol. The van der Waals surface area contributed by atoms with E-state index in [9.17, 15) is 0 Å². The fraction of sp³-hybridized carbons (Fsp3) is 0.391. The molecule has 5 rings (SSSR count). The highest BCUT2D eigenvalue weighted by Crippen LogP contribution is 2.32. The number of fused-ring (bicyclic) bond motifs is 1. The van der Waals surface area contributed by atoms with Crippen molar-refractivity contribution in [3.8, 4) is 16.5 Å². The number of hydrogen-bond acceptors (Lipinski definition) is 9. The van der Waals surface area contributed by atoms with E-state index in [2.05, 4.69) is 43.7 Å². The molecule has 0 saturated carbocycles. The molecule has 1 aliphatic rings. The smallest absolute Gasteiger partial charge is 0.276 e. The van der Waals surface area contributed by atoms with Crippen molar-refractivity contribution in [3.63, 3.8) is 0 Å². The standard InChI is InChI=1S/C23H24ClN7OS/c1-3-15-10-27-22(28-11-15)31-8-6-16(7-9-31)14(2)32-23-30-19-5-4-18(29-20(19)33-23)17-12-25-21(24)26-13-17/h4-5,10-14,16H,3,6-9H2,1-2H3/t14-/m0/s1. The fourth-order valence-corrected chi connectivity index (χ4v) is 4.94. The van der Waals surface area contributed by atoms with Gasteiger partial charge in [0.25, 0.3) is 5.19 Å². The van der Waals surface area contributed by atoms with Gasteiger partial charge in [0.15, 0.2) is 0 Å². The number of ether oxygens (including phenoxy) is 1. The average molecular weight is 482 g/mol. The predicted octanol–water partition coefficient (Wildman–Crippen LogP) is 4.84. The number of anilines is 1. The van der Waals surface area contributed by atoms with Gasteiger partial charge < -0.3 is 9.64 Å². The van der Waals surface area contributed by atoms with Crippen LogP contribution in [0.25, 0.3) is 21.6 Å². The van der Waals surface area contributed by atoms with Gasteiger partial charge in [-0.15, -0.1) is 0 Å². The second kappa shape index (κ2) is 9.52. The highest BCUT2D eigenvalue weighted by atomic mass is 35.5. The molecule has 170 valence electrons. The van der Waals surface area contributed by atoms with E-state index >= 15 is 0 Å². The van der Waals surface area contributed by atoms with Crippen molar-refractivity contribution in [3.05, 3.63) is 47.8 Å². The Morgan fingerprint density at radius 2 is 1.79 bits per heavy atom. The summed E-state index contributed by atoms with van der Waals surface area (Å²) in [7, 11) is 0. The molecule has 0 aromatic carbocycles. The zero-order valence-electron chi connectivity index (χ0n) is 18.5. The molecule has 4 aromatic heterocycles. The second-order valence-corrected chi connectivity index (χ2v) is 9.41. The summed E-state index contributed by atoms with van der Waals surface area (Å²) in [5.41, 5.74) is 3.58. The van der Waals surface area contributed by atoms with E-state index in [-0.39, 0.29) is 11.4 Å². The van der Waals surface area contributed by atoms with Crippen molar-refractivity contribution < 1.29 is 4.74 Å². The van der Waals surface area contributed by atoms with Gasteiger partial charge in [0.1, 0.15) is 16.5 Å². The van der Waals surface area contributed by atoms with Crippen LogP contribution in [0.5, 0.6) is 5.19 Å². The number of halogens is 1. The Morgan fingerprint density at radius 3 is 2.48 bits per heavy atom. The van der Waals surface area contributed by atoms with E-state index in [1.807, 2.05) is 24.5 Å². The van der Waals surface area contributed by atoms with E-state index in [0.717, 1.165) is 65.5 Å². The van der Waals surface area contributed by atoms with Gasteiger partial charge >= 0.3 is 0 Å². The largest absolute Gasteiger partial charge is 0.467 e. The maximum Gasteiger partial charge on any atom is 0.276 e. The van der Waals surface area contributed by atoms with Gasteiger partial charge in [-0.1, -0.05) is 18.3 Å². The lowest BCUT2D eigenvalue weighted by molar-refractivity contribution is 0.132. The van der Waals surface area contributed by atoms with Gasteiger partial charge in [-0.25, -0.2) is 29.9 Å². The van der Waals surface area contributed by atoms with Crippen molar-refractivity contribution in [2.75, 3.05) is 18.0 Å². The lowest BCUT2D eigenvalue weighted by Crippen LogP contribution is -2.39. The van der Waals surface area contributed by atoms with Crippen molar-refractivity contribution in [2.45, 2.75) is 39.2 Å². The van der Waals surface area contributed by atoms with Crippen LogP contribution in [0.4, 0.5) is 5.95 Å². The summed E-state index contributed by atoms with van der Waals surface area (Å²) in [5, 5.41) is 0.866. The molecular formula is C23H24ClN7OS. The molecule has 4 aromatic rings. The van der Waals surface area contributed by atoms with Crippen molar-refractivity contribution in [1.82, 2.24) is 29.9 Å². The maximum atomic E-state index is 6.25. The van der Waals surface area contributed by atoms with Crippen LogP contribution in [0.2, 0.25) is 5.28 Å². The molecule has 0 spiro atoms. The van der Waals surface area contributed by atoms with E-state index < -0.39 is 0 Å². The SMILES string of the molecule is CCc1cnc(N2CCC([C@H](C)Oc3nc4ccc(-c5cnc(Cl)nc5)nc4s3)CC2)nc1. The first-order valence-corrected chi connectivity index (χ1v) is 12.3. The molecule has 1 aliphatic heterocycles. The van der Waals surface area contributed by atoms with E-state index in [1.54, 1.807) is 12.4 Å². The Bertz CT molecular complexity index is 1220. The first-order valence-electron chi connectivity index (χ1n) is 11.1. The third-order valence-electron chi connectivity index (χ3n) is 6.02. The third-order valence-corrected chi connectivity index (χ3v) is 7.08. The molecule has 0 aliphatic carbocycles. The predicted molar refractivity (Wildman–Crippen MR) is 130 cm³/mol. The minimum absolute atomic E-state index is 0.0697. The van der Waals surface area contributed by atoms with Crippen LogP contribution in [0.3, 0.4) is 0 Å². The van der Waals surface area contributed by atoms with Gasteiger partial charge in [0.2, 0.25) is 11.2 Å². The van der Waals surface area contributed by atoms with Crippen LogP contribution in [-0.4, -0.2) is 49.1 Å². The van der Waals surface area contributed by atoms with E-state index in [4.69, 9.17) is 21.3 Å². The van der Waals surface area contributed by atoms with Crippen molar-refractivity contribution >= 4 is 39.2 Å². The number of nitrogens with zero attached hydrogens (tertiary/aromatic N) is 7. The quantitative estimate of drug-likeness (QED) is 0.361. The molecule has 5 heterocycles. The summed E-state index contributed by atoms with van der Waals surface area (Å²) >= 11 is 7.24. The Morgan fingerprint density at radius 1 is 1.06 bits per heavy atom. The third kappa shape index (κ3) is 4.89. The Kier molecular flexibility index (Phi) is 6.32. The van der Waals surface area contributed by atoms with E-state index in [0.29, 0.717) is 11.1 Å². The number of thiazole rings is 1. The summed E-state index contributed by atoms with van der Waals surface area (Å²) in [6.07, 6.45) is 10.3. The molecule has 1 fully saturated rings. The molecule has 8 nitrogen and oxygen atoms in total. The highest BCUT2D eigenvalue weighted by Gasteiger charge is 2.27. The lowest BCUT2D eigenvalue weighted by Gasteiger charge is -2.34. The molecule has 0 unspecified atom stereocenters. The molecule has 33 heavy (non-hydrogen) atoms. The van der Waals surface area contributed by atoms with Gasteiger partial charge in [-0.3, -0.25) is 0 Å². The molecule has 0 bridgehead atoms. The lowest BCUT2D eigenvalue weighted by atomic mass is 9.92. The number of rotatable bonds is 6. The number of piperidine rings is 1. The maximum absolute atomic E-state index is 6.25. The number of pyridine rings is 1. The first kappa shape index (κ1) is 21.9. The summed E-state index contributed by atoms with van der Waals surface area (Å²) < 4.78 is 6.25. The van der Waals surface area contributed by atoms with Crippen LogP contribution in [0.15, 0.2) is 36.9 Å². The monoisotopic (exact) mass is 481 g/mol. The minimum atomic E-state index is 0.0697. The topological polar surface area (TPSA) is 89.8 Å². The first-order chi connectivity index (χ1) is 16.1. The van der Waals surface area contributed by atoms with Gasteiger partial charge in [-0.2, -0.15) is 0 Å². The Hall–Kier alpha value is -2.91. The molecule has 0 radical (unpaired) electrons. The molecule has 1 saturated heterocycles. The Balaban J connectivity index is 1.22. The summed E-state index contributed by atoms with van der Waals surface area (Å²) in [6, 6.07) is 3.86. The van der Waals surface area contributed by atoms with Crippen LogP contribution in [0.1, 0.15) is 32.3 Å². The van der Waals surface area contributed by atoms with Gasteiger partial charge in [0, 0.05) is 43.4 Å². The summed E-state index contributed by atoms with van der Waals surface area (Å²) in [6.45, 7) is 6.10. The van der Waals surface area contributed by atoms with Crippen LogP contribution < -0.4 is 9.64 Å². The van der Waals surface area contributed by atoms with Crippen LogP contribution in [0, 0.1) is 5.92 Å². The minimum Gasteiger partial charge on any atom is -0.467 e. The second-order valence-electron chi connectivity index (χ2n) is 8.13. The molecule has 10 heteroatoms. The normalized spacial score (nSPS) is 15.7. The zero-order valence-corrected chi connectivity index (χ0v) is 20.1. The highest BCUT2D eigenvalue weighted by molar-refractivity contribution is 7.19.